The summed E-state index contributed by atoms with van der Waals surface area (Å²) < 4.78 is 10.5. The summed E-state index contributed by atoms with van der Waals surface area (Å²) in [5.41, 5.74) is 0.637. The molecular formula is C16H15N5O3. The van der Waals surface area contributed by atoms with Crippen LogP contribution in [-0.2, 0) is 4.79 Å². The maximum atomic E-state index is 11.9. The van der Waals surface area contributed by atoms with Gasteiger partial charge in [-0.05, 0) is 24.3 Å². The summed E-state index contributed by atoms with van der Waals surface area (Å²) in [5.74, 6) is 1.54. The van der Waals surface area contributed by atoms with Crippen molar-refractivity contribution in [2.24, 2.45) is 0 Å². The van der Waals surface area contributed by atoms with E-state index in [0.717, 1.165) is 0 Å². The number of hydrogen-bond donors (Lipinski definition) is 2. The van der Waals surface area contributed by atoms with Gasteiger partial charge >= 0.3 is 0 Å². The van der Waals surface area contributed by atoms with E-state index in [1.165, 1.54) is 0 Å². The maximum absolute atomic E-state index is 11.9. The van der Waals surface area contributed by atoms with Gasteiger partial charge < -0.3 is 14.5 Å². The molecule has 0 spiro atoms. The highest BCUT2D eigenvalue weighted by atomic mass is 16.5. The Labute approximate surface area is 137 Å². The van der Waals surface area contributed by atoms with Gasteiger partial charge in [0.15, 0.2) is 12.4 Å². The van der Waals surface area contributed by atoms with E-state index in [1.807, 2.05) is 6.07 Å². The van der Waals surface area contributed by atoms with Crippen LogP contribution < -0.4 is 14.8 Å². The van der Waals surface area contributed by atoms with Crippen molar-refractivity contribution in [2.75, 3.05) is 19.0 Å². The molecule has 0 aliphatic heterocycles. The zero-order chi connectivity index (χ0) is 16.8. The van der Waals surface area contributed by atoms with Crippen LogP contribution in [0, 0.1) is 0 Å². The van der Waals surface area contributed by atoms with Gasteiger partial charge in [0, 0.05) is 12.3 Å². The van der Waals surface area contributed by atoms with Crippen LogP contribution >= 0.6 is 0 Å². The van der Waals surface area contributed by atoms with Gasteiger partial charge in [-0.25, -0.2) is 0 Å². The minimum Gasteiger partial charge on any atom is -0.497 e. The minimum atomic E-state index is -0.360. The Balaban J connectivity index is 1.56. The molecule has 0 radical (unpaired) electrons. The summed E-state index contributed by atoms with van der Waals surface area (Å²) in [5, 5.41) is 10.4. The molecule has 3 rings (SSSR count). The number of anilines is 1. The van der Waals surface area contributed by atoms with E-state index < -0.39 is 0 Å². The molecule has 1 amide bonds. The fourth-order valence-corrected chi connectivity index (χ4v) is 1.94. The minimum absolute atomic E-state index is 0.160. The molecule has 0 saturated heterocycles. The molecule has 0 saturated carbocycles. The summed E-state index contributed by atoms with van der Waals surface area (Å²) in [6, 6.07) is 12.4. The molecule has 122 valence electrons. The normalized spacial score (nSPS) is 10.2. The molecular weight excluding hydrogens is 310 g/mol. The highest BCUT2D eigenvalue weighted by molar-refractivity contribution is 5.90. The van der Waals surface area contributed by atoms with E-state index in [4.69, 9.17) is 9.47 Å². The summed E-state index contributed by atoms with van der Waals surface area (Å²) in [6.45, 7) is -0.160. The number of aromatic amines is 1. The number of H-pyrrole nitrogens is 1. The second-order valence-corrected chi connectivity index (χ2v) is 4.75. The van der Waals surface area contributed by atoms with Crippen LogP contribution in [0.3, 0.4) is 0 Å². The van der Waals surface area contributed by atoms with Crippen molar-refractivity contribution in [1.82, 2.24) is 20.2 Å². The first-order chi connectivity index (χ1) is 11.7. The van der Waals surface area contributed by atoms with Crippen molar-refractivity contribution in [1.29, 1.82) is 0 Å². The van der Waals surface area contributed by atoms with Crippen LogP contribution in [0.1, 0.15) is 0 Å². The number of nitrogens with zero attached hydrogens (tertiary/aromatic N) is 3. The summed E-state index contributed by atoms with van der Waals surface area (Å²) >= 11 is 0. The largest absolute Gasteiger partial charge is 0.497 e. The second kappa shape index (κ2) is 7.23. The molecule has 1 aromatic carbocycles. The average molecular weight is 325 g/mol. The van der Waals surface area contributed by atoms with Crippen LogP contribution in [0.4, 0.5) is 5.95 Å². The Kier molecular flexibility index (Phi) is 4.66. The molecule has 8 nitrogen and oxygen atoms in total. The van der Waals surface area contributed by atoms with Gasteiger partial charge in [-0.15, -0.1) is 10.2 Å². The number of benzene rings is 1. The molecule has 2 aromatic heterocycles. The molecule has 8 heteroatoms. The van der Waals surface area contributed by atoms with Gasteiger partial charge in [0.05, 0.1) is 7.11 Å². The van der Waals surface area contributed by atoms with Crippen molar-refractivity contribution in [3.05, 3.63) is 48.7 Å². The van der Waals surface area contributed by atoms with Crippen molar-refractivity contribution >= 4 is 11.9 Å². The van der Waals surface area contributed by atoms with E-state index in [2.05, 4.69) is 25.5 Å². The van der Waals surface area contributed by atoms with Gasteiger partial charge in [-0.3, -0.25) is 15.1 Å². The standard InChI is InChI=1S/C16H15N5O3/c1-23-11-5-4-6-12(9-11)24-10-14(22)18-16-19-15(20-21-16)13-7-2-3-8-17-13/h2-9H,10H2,1H3,(H2,18,19,20,21,22). The quantitative estimate of drug-likeness (QED) is 0.717. The smallest absolute Gasteiger partial charge is 0.264 e. The van der Waals surface area contributed by atoms with Crippen LogP contribution in [0.15, 0.2) is 48.7 Å². The lowest BCUT2D eigenvalue weighted by Gasteiger charge is -2.07. The number of methoxy groups -OCH3 is 1. The molecule has 24 heavy (non-hydrogen) atoms. The predicted molar refractivity (Wildman–Crippen MR) is 86.7 cm³/mol. The van der Waals surface area contributed by atoms with Crippen molar-refractivity contribution in [2.45, 2.75) is 0 Å². The molecule has 0 atom stereocenters. The van der Waals surface area contributed by atoms with Gasteiger partial charge in [0.1, 0.15) is 17.2 Å². The highest BCUT2D eigenvalue weighted by Gasteiger charge is 2.10. The van der Waals surface area contributed by atoms with E-state index in [1.54, 1.807) is 49.7 Å². The highest BCUT2D eigenvalue weighted by Crippen LogP contribution is 2.18. The number of ether oxygens (including phenoxy) is 2. The third kappa shape index (κ3) is 3.86. The number of pyridine rings is 1. The average Bonchev–Trinajstić information content (AvgIpc) is 3.09. The summed E-state index contributed by atoms with van der Waals surface area (Å²) in [7, 11) is 1.56. The topological polar surface area (TPSA) is 102 Å². The summed E-state index contributed by atoms with van der Waals surface area (Å²) in [6.07, 6.45) is 1.65. The van der Waals surface area contributed by atoms with Crippen LogP contribution in [0.5, 0.6) is 11.5 Å². The van der Waals surface area contributed by atoms with E-state index in [9.17, 15) is 4.79 Å². The molecule has 2 N–H and O–H groups in total. The third-order valence-electron chi connectivity index (χ3n) is 3.06. The third-order valence-corrected chi connectivity index (χ3v) is 3.06. The van der Waals surface area contributed by atoms with Crippen molar-refractivity contribution in [3.63, 3.8) is 0 Å². The first kappa shape index (κ1) is 15.5. The predicted octanol–water partition coefficient (Wildman–Crippen LogP) is 1.89. The molecule has 0 aliphatic rings. The maximum Gasteiger partial charge on any atom is 0.264 e. The molecule has 2 heterocycles. The number of carbonyl (C=O) groups excluding carboxylic acids is 1. The first-order valence-electron chi connectivity index (χ1n) is 7.15. The van der Waals surface area contributed by atoms with E-state index in [0.29, 0.717) is 23.0 Å². The molecule has 0 unspecified atom stereocenters. The number of nitrogens with one attached hydrogen (secondary N) is 2. The Bertz CT molecular complexity index is 819. The van der Waals surface area contributed by atoms with Crippen molar-refractivity contribution < 1.29 is 14.3 Å². The number of carbonyl (C=O) groups is 1. The number of aromatic nitrogens is 4. The first-order valence-corrected chi connectivity index (χ1v) is 7.15. The number of hydrogen-bond acceptors (Lipinski definition) is 6. The lowest BCUT2D eigenvalue weighted by molar-refractivity contribution is -0.118. The van der Waals surface area contributed by atoms with Gasteiger partial charge in [0.25, 0.3) is 5.91 Å². The zero-order valence-electron chi connectivity index (χ0n) is 12.9. The Morgan fingerprint density at radius 2 is 2.04 bits per heavy atom. The van der Waals surface area contributed by atoms with E-state index in [-0.39, 0.29) is 18.5 Å². The number of amides is 1. The van der Waals surface area contributed by atoms with Gasteiger partial charge in [0.2, 0.25) is 5.95 Å². The Morgan fingerprint density at radius 3 is 2.83 bits per heavy atom. The Hall–Kier alpha value is -3.42. The zero-order valence-corrected chi connectivity index (χ0v) is 12.9. The Morgan fingerprint density at radius 1 is 1.17 bits per heavy atom. The SMILES string of the molecule is COc1cccc(OCC(=O)Nc2nnc(-c3ccccn3)[nH]2)c1. The summed E-state index contributed by atoms with van der Waals surface area (Å²) in [4.78, 5) is 19.0. The van der Waals surface area contributed by atoms with E-state index >= 15 is 0 Å². The van der Waals surface area contributed by atoms with Gasteiger partial charge in [-0.2, -0.15) is 0 Å². The lowest BCUT2D eigenvalue weighted by atomic mass is 10.3. The fourth-order valence-electron chi connectivity index (χ4n) is 1.94. The monoisotopic (exact) mass is 325 g/mol. The number of rotatable bonds is 6. The molecule has 3 aromatic rings. The van der Waals surface area contributed by atoms with Crippen LogP contribution in [0.25, 0.3) is 11.5 Å². The molecule has 0 aliphatic carbocycles. The molecule has 0 bridgehead atoms. The fraction of sp³-hybridized carbons (Fsp3) is 0.125. The lowest BCUT2D eigenvalue weighted by Crippen LogP contribution is -2.20. The van der Waals surface area contributed by atoms with Crippen molar-refractivity contribution in [3.8, 4) is 23.0 Å². The van der Waals surface area contributed by atoms with Crippen LogP contribution in [0.2, 0.25) is 0 Å². The van der Waals surface area contributed by atoms with Gasteiger partial charge in [-0.1, -0.05) is 12.1 Å². The second-order valence-electron chi connectivity index (χ2n) is 4.75. The molecule has 0 fully saturated rings. The van der Waals surface area contributed by atoms with Crippen LogP contribution in [-0.4, -0.2) is 39.8 Å².